The van der Waals surface area contributed by atoms with E-state index in [0.29, 0.717) is 0 Å². The number of carbonyl (C=O) groups is 1. The van der Waals surface area contributed by atoms with Gasteiger partial charge in [-0.05, 0) is 12.0 Å². The molecule has 6 nitrogen and oxygen atoms in total. The summed E-state index contributed by atoms with van der Waals surface area (Å²) in [6.45, 7) is 3.39. The van der Waals surface area contributed by atoms with E-state index in [1.807, 2.05) is 6.07 Å². The topological polar surface area (TPSA) is 96.0 Å². The molecule has 0 fully saturated rings. The molecule has 19 heavy (non-hydrogen) atoms. The van der Waals surface area contributed by atoms with Gasteiger partial charge in [-0.25, -0.2) is 4.39 Å². The first-order chi connectivity index (χ1) is 8.85. The fraction of sp³-hybridized carbons (Fsp3) is 0.333. The Bertz CT molecular complexity index is 552. The molecule has 1 amide bonds. The first-order valence-electron chi connectivity index (χ1n) is 5.50. The second-order valence-corrected chi connectivity index (χ2v) is 4.30. The predicted molar refractivity (Wildman–Crippen MR) is 65.6 cm³/mol. The number of amides is 1. The van der Waals surface area contributed by atoms with Gasteiger partial charge in [0.25, 0.3) is 5.69 Å². The minimum atomic E-state index is -0.901. The predicted octanol–water partition coefficient (Wildman–Crippen LogP) is 2.47. The molecule has 0 radical (unpaired) electrons. The average Bonchev–Trinajstić information content (AvgIpc) is 2.28. The van der Waals surface area contributed by atoms with Crippen molar-refractivity contribution in [1.29, 1.82) is 5.26 Å². The highest BCUT2D eigenvalue weighted by atomic mass is 19.1. The largest absolute Gasteiger partial charge is 0.325 e. The lowest BCUT2D eigenvalue weighted by Crippen LogP contribution is -2.25. The Morgan fingerprint density at radius 3 is 2.58 bits per heavy atom. The van der Waals surface area contributed by atoms with Crippen molar-refractivity contribution in [2.75, 3.05) is 5.32 Å². The molecule has 1 aromatic carbocycles. The van der Waals surface area contributed by atoms with Gasteiger partial charge in [0.1, 0.15) is 11.7 Å². The molecule has 1 rings (SSSR count). The van der Waals surface area contributed by atoms with Crippen LogP contribution in [-0.4, -0.2) is 10.8 Å². The van der Waals surface area contributed by atoms with E-state index in [2.05, 4.69) is 5.32 Å². The van der Waals surface area contributed by atoms with Crippen molar-refractivity contribution in [1.82, 2.24) is 0 Å². The number of benzene rings is 1. The number of nitro groups is 1. The molecule has 0 spiro atoms. The summed E-state index contributed by atoms with van der Waals surface area (Å²) in [5.41, 5.74) is -0.508. The van der Waals surface area contributed by atoms with Crippen molar-refractivity contribution in [3.05, 3.63) is 34.1 Å². The molecule has 1 aromatic rings. The van der Waals surface area contributed by atoms with Crippen molar-refractivity contribution in [2.24, 2.45) is 11.8 Å². The smallest absolute Gasteiger partial charge is 0.274 e. The molecule has 0 bridgehead atoms. The van der Waals surface area contributed by atoms with Crippen LogP contribution in [0, 0.1) is 39.1 Å². The number of hydrogen-bond acceptors (Lipinski definition) is 4. The summed E-state index contributed by atoms with van der Waals surface area (Å²) in [4.78, 5) is 21.6. The van der Waals surface area contributed by atoms with Crippen LogP contribution in [0.4, 0.5) is 15.8 Å². The quantitative estimate of drug-likeness (QED) is 0.668. The zero-order valence-corrected chi connectivity index (χ0v) is 10.4. The Morgan fingerprint density at radius 1 is 1.47 bits per heavy atom. The zero-order valence-electron chi connectivity index (χ0n) is 10.4. The standard InChI is InChI=1S/C12H12FN3O3/c1-7(2)11(6-14)12(17)15-9-3-8(13)4-10(5-9)16(18)19/h3-5,7,11H,1-2H3,(H,15,17). The molecule has 100 valence electrons. The number of rotatable bonds is 4. The van der Waals surface area contributed by atoms with Gasteiger partial charge in [0.15, 0.2) is 0 Å². The maximum Gasteiger partial charge on any atom is 0.274 e. The van der Waals surface area contributed by atoms with E-state index in [4.69, 9.17) is 5.26 Å². The molecule has 0 heterocycles. The molecule has 0 saturated carbocycles. The van der Waals surface area contributed by atoms with Crippen LogP contribution in [0.2, 0.25) is 0 Å². The number of non-ortho nitro benzene ring substituents is 1. The Hall–Kier alpha value is -2.49. The number of hydrogen-bond donors (Lipinski definition) is 1. The molecule has 0 aromatic heterocycles. The van der Waals surface area contributed by atoms with Gasteiger partial charge in [0.2, 0.25) is 5.91 Å². The second-order valence-electron chi connectivity index (χ2n) is 4.30. The third kappa shape index (κ3) is 3.74. The summed E-state index contributed by atoms with van der Waals surface area (Å²) in [5, 5.41) is 21.7. The SMILES string of the molecule is CC(C)C(C#N)C(=O)Nc1cc(F)cc([N+](=O)[O-])c1. The van der Waals surface area contributed by atoms with Crippen LogP contribution in [0.3, 0.4) is 0 Å². The molecule has 7 heteroatoms. The summed E-state index contributed by atoms with van der Waals surface area (Å²) in [5.74, 6) is -2.56. The molecule has 0 saturated heterocycles. The van der Waals surface area contributed by atoms with E-state index < -0.39 is 28.3 Å². The fourth-order valence-electron chi connectivity index (χ4n) is 1.48. The van der Waals surface area contributed by atoms with Crippen LogP contribution < -0.4 is 5.32 Å². The van der Waals surface area contributed by atoms with E-state index in [9.17, 15) is 19.3 Å². The second kappa shape index (κ2) is 5.91. The normalized spacial score (nSPS) is 11.7. The van der Waals surface area contributed by atoms with Crippen molar-refractivity contribution in [3.63, 3.8) is 0 Å². The van der Waals surface area contributed by atoms with Gasteiger partial charge < -0.3 is 5.32 Å². The van der Waals surface area contributed by atoms with Gasteiger partial charge in [-0.1, -0.05) is 13.8 Å². The Morgan fingerprint density at radius 2 is 2.11 bits per heavy atom. The summed E-state index contributed by atoms with van der Waals surface area (Å²) in [6, 6.07) is 4.58. The van der Waals surface area contributed by atoms with Crippen LogP contribution >= 0.6 is 0 Å². The number of carbonyl (C=O) groups excluding carboxylic acids is 1. The van der Waals surface area contributed by atoms with Crippen LogP contribution in [0.15, 0.2) is 18.2 Å². The summed E-state index contributed by atoms with van der Waals surface area (Å²) < 4.78 is 13.2. The number of nitrogens with zero attached hydrogens (tertiary/aromatic N) is 2. The third-order valence-electron chi connectivity index (χ3n) is 2.45. The van der Waals surface area contributed by atoms with E-state index in [1.54, 1.807) is 13.8 Å². The number of nitro benzene ring substituents is 1. The lowest BCUT2D eigenvalue weighted by Gasteiger charge is -2.13. The van der Waals surface area contributed by atoms with Crippen molar-refractivity contribution in [3.8, 4) is 6.07 Å². The maximum absolute atomic E-state index is 13.2. The molecule has 1 N–H and O–H groups in total. The molecule has 0 aliphatic carbocycles. The van der Waals surface area contributed by atoms with E-state index >= 15 is 0 Å². The lowest BCUT2D eigenvalue weighted by molar-refractivity contribution is -0.385. The highest BCUT2D eigenvalue weighted by Crippen LogP contribution is 2.21. The zero-order chi connectivity index (χ0) is 14.6. The van der Waals surface area contributed by atoms with E-state index in [1.165, 1.54) is 0 Å². The van der Waals surface area contributed by atoms with Crippen LogP contribution in [-0.2, 0) is 4.79 Å². The fourth-order valence-corrected chi connectivity index (χ4v) is 1.48. The average molecular weight is 265 g/mol. The van der Waals surface area contributed by atoms with E-state index in [0.717, 1.165) is 18.2 Å². The van der Waals surface area contributed by atoms with Gasteiger partial charge in [0, 0.05) is 6.07 Å². The highest BCUT2D eigenvalue weighted by Gasteiger charge is 2.22. The summed E-state index contributed by atoms with van der Waals surface area (Å²) >= 11 is 0. The number of nitriles is 1. The number of anilines is 1. The third-order valence-corrected chi connectivity index (χ3v) is 2.45. The number of nitrogens with one attached hydrogen (secondary N) is 1. The summed E-state index contributed by atoms with van der Waals surface area (Å²) in [6.07, 6.45) is 0. The minimum Gasteiger partial charge on any atom is -0.325 e. The first kappa shape index (κ1) is 14.6. The molecule has 0 aliphatic heterocycles. The monoisotopic (exact) mass is 265 g/mol. The van der Waals surface area contributed by atoms with Gasteiger partial charge in [-0.15, -0.1) is 0 Å². The molecule has 1 unspecified atom stereocenters. The van der Waals surface area contributed by atoms with Gasteiger partial charge >= 0.3 is 0 Å². The molecule has 1 atom stereocenters. The lowest BCUT2D eigenvalue weighted by atomic mass is 9.96. The van der Waals surface area contributed by atoms with Crippen molar-refractivity contribution in [2.45, 2.75) is 13.8 Å². The van der Waals surface area contributed by atoms with Crippen LogP contribution in [0.1, 0.15) is 13.8 Å². The van der Waals surface area contributed by atoms with Crippen LogP contribution in [0.5, 0.6) is 0 Å². The Balaban J connectivity index is 2.97. The van der Waals surface area contributed by atoms with Gasteiger partial charge in [0.05, 0.1) is 22.7 Å². The molecule has 0 aliphatic rings. The summed E-state index contributed by atoms with van der Waals surface area (Å²) in [7, 11) is 0. The Labute approximate surface area is 109 Å². The molecular weight excluding hydrogens is 253 g/mol. The highest BCUT2D eigenvalue weighted by molar-refractivity contribution is 5.94. The van der Waals surface area contributed by atoms with Crippen molar-refractivity contribution < 1.29 is 14.1 Å². The van der Waals surface area contributed by atoms with Crippen LogP contribution in [0.25, 0.3) is 0 Å². The van der Waals surface area contributed by atoms with E-state index in [-0.39, 0.29) is 11.6 Å². The van der Waals surface area contributed by atoms with Gasteiger partial charge in [-0.2, -0.15) is 5.26 Å². The van der Waals surface area contributed by atoms with Gasteiger partial charge in [-0.3, -0.25) is 14.9 Å². The maximum atomic E-state index is 13.2. The minimum absolute atomic E-state index is 0.0439. The first-order valence-corrected chi connectivity index (χ1v) is 5.50. The number of halogens is 1. The Kier molecular flexibility index (Phi) is 4.53. The molecular formula is C12H12FN3O3. The van der Waals surface area contributed by atoms with Crippen molar-refractivity contribution >= 4 is 17.3 Å².